The van der Waals surface area contributed by atoms with E-state index in [1.807, 2.05) is 0 Å². The number of nitrogens with zero attached hydrogens (tertiary/aromatic N) is 1. The molecule has 19 heavy (non-hydrogen) atoms. The Balaban J connectivity index is 2.51. The number of carboxylic acid groups (broad SMARTS) is 1. The van der Waals surface area contributed by atoms with Gasteiger partial charge in [0.15, 0.2) is 0 Å². The van der Waals surface area contributed by atoms with Crippen molar-refractivity contribution in [1.82, 2.24) is 4.90 Å². The molecular formula is C12H19BNO5. The molecule has 0 spiro atoms. The number of likely N-dealkylation sites (tertiary alicyclic amines) is 1. The van der Waals surface area contributed by atoms with Crippen LogP contribution in [0.15, 0.2) is 12.2 Å². The van der Waals surface area contributed by atoms with Crippen molar-refractivity contribution in [2.24, 2.45) is 0 Å². The van der Waals surface area contributed by atoms with Gasteiger partial charge in [-0.05, 0) is 13.3 Å². The monoisotopic (exact) mass is 268 g/mol. The second-order valence-corrected chi connectivity index (χ2v) is 4.66. The Kier molecular flexibility index (Phi) is 6.04. The van der Waals surface area contributed by atoms with Crippen molar-refractivity contribution < 1.29 is 24.9 Å². The summed E-state index contributed by atoms with van der Waals surface area (Å²) in [7, 11) is 1.15. The molecular weight excluding hydrogens is 249 g/mol. The molecule has 1 amide bonds. The van der Waals surface area contributed by atoms with Crippen LogP contribution in [0.4, 0.5) is 4.79 Å². The first-order valence-corrected chi connectivity index (χ1v) is 6.32. The lowest BCUT2D eigenvalue weighted by Crippen LogP contribution is -2.36. The van der Waals surface area contributed by atoms with Crippen LogP contribution < -0.4 is 0 Å². The fourth-order valence-corrected chi connectivity index (χ4v) is 2.06. The molecule has 1 unspecified atom stereocenters. The molecule has 1 fully saturated rings. The van der Waals surface area contributed by atoms with Crippen LogP contribution in [0.3, 0.4) is 0 Å². The van der Waals surface area contributed by atoms with Gasteiger partial charge in [-0.2, -0.15) is 0 Å². The molecule has 0 bridgehead atoms. The highest BCUT2D eigenvalue weighted by Crippen LogP contribution is 2.21. The molecule has 1 aliphatic rings. The second-order valence-electron chi connectivity index (χ2n) is 4.66. The number of aliphatic hydroxyl groups excluding tert-OH is 2. The van der Waals surface area contributed by atoms with Crippen LogP contribution in [0.2, 0.25) is 6.32 Å². The lowest BCUT2D eigenvalue weighted by Gasteiger charge is -2.23. The lowest BCUT2D eigenvalue weighted by molar-refractivity contribution is -0.128. The number of aliphatic hydroxyl groups is 2. The largest absolute Gasteiger partial charge is 0.490 e. The summed E-state index contributed by atoms with van der Waals surface area (Å²) in [5, 5.41) is 27.5. The molecule has 6 nitrogen and oxygen atoms in total. The van der Waals surface area contributed by atoms with Gasteiger partial charge in [0, 0.05) is 6.54 Å². The van der Waals surface area contributed by atoms with Crippen LogP contribution in [0.5, 0.6) is 0 Å². The minimum Gasteiger partial charge on any atom is -0.490 e. The fraction of sp³-hybridized carbons (Fsp3) is 0.667. The van der Waals surface area contributed by atoms with Crippen molar-refractivity contribution in [1.29, 1.82) is 0 Å². The van der Waals surface area contributed by atoms with E-state index in [4.69, 9.17) is 5.11 Å². The van der Waals surface area contributed by atoms with Gasteiger partial charge in [0.2, 0.25) is 11.8 Å². The Morgan fingerprint density at radius 3 is 2.89 bits per heavy atom. The maximum atomic E-state index is 11.7. The fourth-order valence-electron chi connectivity index (χ4n) is 2.06. The van der Waals surface area contributed by atoms with Gasteiger partial charge in [-0.3, -0.25) is 9.59 Å². The summed E-state index contributed by atoms with van der Waals surface area (Å²) in [6.45, 7) is 1.99. The summed E-state index contributed by atoms with van der Waals surface area (Å²) in [6, 6.07) is -0.438. The lowest BCUT2D eigenvalue weighted by atomic mass is 9.74. The molecule has 1 saturated heterocycles. The van der Waals surface area contributed by atoms with Crippen LogP contribution in [0, 0.1) is 0 Å². The van der Waals surface area contributed by atoms with E-state index in [9.17, 15) is 19.8 Å². The number of amides is 1. The number of rotatable bonds is 7. The molecule has 0 aromatic heterocycles. The van der Waals surface area contributed by atoms with Crippen molar-refractivity contribution in [3.05, 3.63) is 12.2 Å². The summed E-state index contributed by atoms with van der Waals surface area (Å²) in [6.07, 6.45) is 2.73. The molecule has 0 aromatic carbocycles. The standard InChI is InChI=1S/C12H19BNO5/c1-8(15)3-4-9-10(16)7-11(17)14(9)6-2-5-13-12(18)19/h3-4,8-10,15-16H,2,5-7H2,1H3,(H,18,19)/b4-3+/t8?,9-,10+/m0/s1. The zero-order valence-electron chi connectivity index (χ0n) is 10.9. The molecule has 105 valence electrons. The molecule has 0 saturated carbocycles. The summed E-state index contributed by atoms with van der Waals surface area (Å²) in [5.74, 6) is -1.12. The molecule has 0 aromatic rings. The quantitative estimate of drug-likeness (QED) is 0.345. The van der Waals surface area contributed by atoms with Crippen molar-refractivity contribution >= 4 is 19.1 Å². The SMILES string of the molecule is CC(O)/C=C/[C@H]1[C@H](O)CC(=O)N1CCC[B]C(=O)O. The summed E-state index contributed by atoms with van der Waals surface area (Å²) >= 11 is 0. The third-order valence-electron chi connectivity index (χ3n) is 2.97. The maximum Gasteiger partial charge on any atom is 0.260 e. The molecule has 3 atom stereocenters. The second kappa shape index (κ2) is 7.30. The summed E-state index contributed by atoms with van der Waals surface area (Å²) in [4.78, 5) is 23.6. The zero-order valence-corrected chi connectivity index (χ0v) is 10.9. The average molecular weight is 268 g/mol. The highest BCUT2D eigenvalue weighted by molar-refractivity contribution is 6.71. The van der Waals surface area contributed by atoms with Gasteiger partial charge in [-0.15, -0.1) is 0 Å². The van der Waals surface area contributed by atoms with E-state index in [0.29, 0.717) is 19.3 Å². The highest BCUT2D eigenvalue weighted by atomic mass is 16.4. The summed E-state index contributed by atoms with van der Waals surface area (Å²) < 4.78 is 0. The third-order valence-corrected chi connectivity index (χ3v) is 2.97. The molecule has 1 heterocycles. The first kappa shape index (κ1) is 15.7. The number of hydrogen-bond donors (Lipinski definition) is 3. The van der Waals surface area contributed by atoms with E-state index in [1.165, 1.54) is 11.0 Å². The molecule has 1 radical (unpaired) electrons. The van der Waals surface area contributed by atoms with Gasteiger partial charge in [-0.1, -0.05) is 18.5 Å². The molecule has 0 aliphatic carbocycles. The smallest absolute Gasteiger partial charge is 0.260 e. The van der Waals surface area contributed by atoms with Crippen LogP contribution in [-0.2, 0) is 4.79 Å². The Morgan fingerprint density at radius 1 is 1.63 bits per heavy atom. The minimum atomic E-state index is -0.974. The van der Waals surface area contributed by atoms with Gasteiger partial charge in [-0.25, -0.2) is 0 Å². The molecule has 7 heteroatoms. The Labute approximate surface area is 113 Å². The first-order chi connectivity index (χ1) is 8.91. The zero-order chi connectivity index (χ0) is 14.4. The van der Waals surface area contributed by atoms with Gasteiger partial charge in [0.1, 0.15) is 0 Å². The van der Waals surface area contributed by atoms with E-state index in [0.717, 1.165) is 7.28 Å². The average Bonchev–Trinajstić information content (AvgIpc) is 2.56. The van der Waals surface area contributed by atoms with Crippen molar-refractivity contribution in [3.63, 3.8) is 0 Å². The van der Waals surface area contributed by atoms with Gasteiger partial charge in [0.05, 0.1) is 24.7 Å². The molecule has 1 rings (SSSR count). The van der Waals surface area contributed by atoms with Crippen LogP contribution in [0.25, 0.3) is 0 Å². The predicted octanol–water partition coefficient (Wildman–Crippen LogP) is 0.0758. The predicted molar refractivity (Wildman–Crippen MR) is 70.1 cm³/mol. The summed E-state index contributed by atoms with van der Waals surface area (Å²) in [5.41, 5.74) is 0. The normalized spacial score (nSPS) is 25.0. The van der Waals surface area contributed by atoms with Crippen molar-refractivity contribution in [2.75, 3.05) is 6.54 Å². The van der Waals surface area contributed by atoms with Crippen LogP contribution in [-0.4, -0.2) is 64.1 Å². The number of carbonyl (C=O) groups excluding carboxylic acids is 1. The molecule has 3 N–H and O–H groups in total. The number of hydrogen-bond acceptors (Lipinski definition) is 4. The van der Waals surface area contributed by atoms with Gasteiger partial charge >= 0.3 is 0 Å². The third kappa shape index (κ3) is 5.04. The van der Waals surface area contributed by atoms with E-state index in [-0.39, 0.29) is 12.3 Å². The molecule has 1 aliphatic heterocycles. The Hall–Kier alpha value is -1.34. The van der Waals surface area contributed by atoms with Crippen LogP contribution >= 0.6 is 0 Å². The number of carbonyl (C=O) groups is 2. The van der Waals surface area contributed by atoms with Crippen molar-refractivity contribution in [3.8, 4) is 0 Å². The van der Waals surface area contributed by atoms with Crippen molar-refractivity contribution in [2.45, 2.75) is 44.3 Å². The highest BCUT2D eigenvalue weighted by Gasteiger charge is 2.36. The Bertz CT molecular complexity index is 358. The van der Waals surface area contributed by atoms with E-state index >= 15 is 0 Å². The topological polar surface area (TPSA) is 98.1 Å². The van der Waals surface area contributed by atoms with Gasteiger partial charge < -0.3 is 20.2 Å². The Morgan fingerprint density at radius 2 is 2.32 bits per heavy atom. The maximum absolute atomic E-state index is 11.7. The minimum absolute atomic E-state index is 0.0669. The van der Waals surface area contributed by atoms with Crippen LogP contribution in [0.1, 0.15) is 19.8 Å². The van der Waals surface area contributed by atoms with Gasteiger partial charge in [0.25, 0.3) is 7.28 Å². The van der Waals surface area contributed by atoms with E-state index in [2.05, 4.69) is 0 Å². The van der Waals surface area contributed by atoms with E-state index in [1.54, 1.807) is 13.0 Å². The van der Waals surface area contributed by atoms with E-state index < -0.39 is 24.1 Å². The first-order valence-electron chi connectivity index (χ1n) is 6.32.